The predicted octanol–water partition coefficient (Wildman–Crippen LogP) is 2.24. The fourth-order valence-corrected chi connectivity index (χ4v) is 2.56. The lowest BCUT2D eigenvalue weighted by Gasteiger charge is -2.27. The highest BCUT2D eigenvalue weighted by Gasteiger charge is 2.38. The van der Waals surface area contributed by atoms with Gasteiger partial charge in [-0.3, -0.25) is 4.79 Å². The van der Waals surface area contributed by atoms with Crippen molar-refractivity contribution in [2.45, 2.75) is 59.1 Å². The average Bonchev–Trinajstić information content (AvgIpc) is 2.94. The summed E-state index contributed by atoms with van der Waals surface area (Å²) in [6.07, 6.45) is 1.42. The van der Waals surface area contributed by atoms with Crippen LogP contribution in [0.25, 0.3) is 0 Å². The van der Waals surface area contributed by atoms with Crippen LogP contribution in [0.1, 0.15) is 55.4 Å². The number of ether oxygens (including phenoxy) is 1. The van der Waals surface area contributed by atoms with Crippen molar-refractivity contribution >= 4 is 11.9 Å². The van der Waals surface area contributed by atoms with E-state index in [1.54, 1.807) is 18.7 Å². The summed E-state index contributed by atoms with van der Waals surface area (Å²) in [4.78, 5) is 26.5. The van der Waals surface area contributed by atoms with E-state index in [1.165, 1.54) is 0 Å². The molecule has 0 N–H and O–H groups in total. The van der Waals surface area contributed by atoms with Gasteiger partial charge in [-0.05, 0) is 47.5 Å². The number of nitrogens with zero attached hydrogens (tertiary/aromatic N) is 2. The second kappa shape index (κ2) is 5.50. The van der Waals surface area contributed by atoms with E-state index in [4.69, 9.17) is 9.26 Å². The highest BCUT2D eigenvalue weighted by molar-refractivity contribution is 5.98. The van der Waals surface area contributed by atoms with Crippen molar-refractivity contribution < 1.29 is 18.8 Å². The lowest BCUT2D eigenvalue weighted by molar-refractivity contribution is -0.159. The van der Waals surface area contributed by atoms with E-state index in [0.29, 0.717) is 30.0 Å². The van der Waals surface area contributed by atoms with Crippen molar-refractivity contribution in [3.8, 4) is 0 Å². The third-order valence-electron chi connectivity index (χ3n) is 3.44. The zero-order chi connectivity index (χ0) is 15.8. The maximum Gasteiger partial charge on any atom is 0.329 e. The molecule has 1 aromatic rings. The van der Waals surface area contributed by atoms with Crippen LogP contribution in [0.2, 0.25) is 0 Å². The van der Waals surface area contributed by atoms with Crippen LogP contribution in [0.3, 0.4) is 0 Å². The Morgan fingerprint density at radius 2 is 2.00 bits per heavy atom. The molecule has 1 saturated heterocycles. The Labute approximate surface area is 124 Å². The number of carbonyl (C=O) groups is 2. The van der Waals surface area contributed by atoms with Crippen molar-refractivity contribution in [3.05, 3.63) is 17.0 Å². The molecular weight excluding hydrogens is 272 g/mol. The van der Waals surface area contributed by atoms with Crippen LogP contribution < -0.4 is 0 Å². The third kappa shape index (κ3) is 3.25. The Bertz CT molecular complexity index is 537. The van der Waals surface area contributed by atoms with Crippen LogP contribution in [-0.2, 0) is 9.53 Å². The molecule has 1 fully saturated rings. The van der Waals surface area contributed by atoms with Gasteiger partial charge in [0, 0.05) is 6.54 Å². The van der Waals surface area contributed by atoms with Crippen LogP contribution in [0.15, 0.2) is 4.52 Å². The molecule has 0 spiro atoms. The second-order valence-corrected chi connectivity index (χ2v) is 6.39. The molecule has 2 rings (SSSR count). The quantitative estimate of drug-likeness (QED) is 0.782. The lowest BCUT2D eigenvalue weighted by Crippen LogP contribution is -2.43. The summed E-state index contributed by atoms with van der Waals surface area (Å²) >= 11 is 0. The van der Waals surface area contributed by atoms with Crippen molar-refractivity contribution in [2.24, 2.45) is 0 Å². The number of carbonyl (C=O) groups excluding carboxylic acids is 2. The van der Waals surface area contributed by atoms with E-state index in [1.807, 2.05) is 20.8 Å². The van der Waals surface area contributed by atoms with E-state index in [0.717, 1.165) is 6.42 Å². The Morgan fingerprint density at radius 3 is 2.52 bits per heavy atom. The molecule has 1 aromatic heterocycles. The van der Waals surface area contributed by atoms with E-state index < -0.39 is 11.6 Å². The minimum Gasteiger partial charge on any atom is -0.458 e. The molecular formula is C15H22N2O4. The molecule has 0 aliphatic carbocycles. The number of amides is 1. The third-order valence-corrected chi connectivity index (χ3v) is 3.44. The Balaban J connectivity index is 2.19. The van der Waals surface area contributed by atoms with Crippen LogP contribution in [-0.4, -0.2) is 40.1 Å². The number of likely N-dealkylation sites (tertiary alicyclic amines) is 1. The zero-order valence-corrected chi connectivity index (χ0v) is 13.2. The largest absolute Gasteiger partial charge is 0.458 e. The summed E-state index contributed by atoms with van der Waals surface area (Å²) in [5.74, 6) is -0.0768. The monoisotopic (exact) mass is 294 g/mol. The van der Waals surface area contributed by atoms with Gasteiger partial charge in [0.05, 0.1) is 5.69 Å². The topological polar surface area (TPSA) is 72.6 Å². The molecule has 6 nitrogen and oxygen atoms in total. The molecule has 1 aliphatic rings. The fraction of sp³-hybridized carbons (Fsp3) is 0.667. The minimum absolute atomic E-state index is 0.209. The summed E-state index contributed by atoms with van der Waals surface area (Å²) in [6.45, 7) is 9.43. The van der Waals surface area contributed by atoms with Gasteiger partial charge in [0.1, 0.15) is 23.0 Å². The standard InChI is InChI=1S/C15H22N2O4/c1-9-12(10(2)21-16-9)13(18)17-8-6-7-11(17)14(19)20-15(3,4)5/h11H,6-8H2,1-5H3/t11-/m1/s1. The van der Waals surface area contributed by atoms with Crippen LogP contribution in [0.4, 0.5) is 0 Å². The molecule has 1 atom stereocenters. The molecule has 21 heavy (non-hydrogen) atoms. The van der Waals surface area contributed by atoms with Gasteiger partial charge in [-0.25, -0.2) is 4.79 Å². The first-order chi connectivity index (χ1) is 9.70. The van der Waals surface area contributed by atoms with Crippen molar-refractivity contribution in [3.63, 3.8) is 0 Å². The highest BCUT2D eigenvalue weighted by atomic mass is 16.6. The number of hydrogen-bond acceptors (Lipinski definition) is 5. The molecule has 1 aliphatic heterocycles. The molecule has 0 unspecified atom stereocenters. The van der Waals surface area contributed by atoms with Crippen LogP contribution >= 0.6 is 0 Å². The molecule has 6 heteroatoms. The molecule has 0 bridgehead atoms. The minimum atomic E-state index is -0.558. The highest BCUT2D eigenvalue weighted by Crippen LogP contribution is 2.25. The predicted molar refractivity (Wildman–Crippen MR) is 75.9 cm³/mol. The van der Waals surface area contributed by atoms with E-state index in [9.17, 15) is 9.59 Å². The molecule has 0 aromatic carbocycles. The normalized spacial score (nSPS) is 18.9. The summed E-state index contributed by atoms with van der Waals surface area (Å²) < 4.78 is 10.4. The molecule has 0 saturated carbocycles. The first-order valence-electron chi connectivity index (χ1n) is 7.17. The Kier molecular flexibility index (Phi) is 4.07. The van der Waals surface area contributed by atoms with E-state index >= 15 is 0 Å². The maximum absolute atomic E-state index is 12.6. The number of hydrogen-bond donors (Lipinski definition) is 0. The van der Waals surface area contributed by atoms with Gasteiger partial charge in [0.25, 0.3) is 5.91 Å². The van der Waals surface area contributed by atoms with Crippen molar-refractivity contribution in [2.75, 3.05) is 6.54 Å². The summed E-state index contributed by atoms with van der Waals surface area (Å²) in [7, 11) is 0. The first kappa shape index (κ1) is 15.5. The summed E-state index contributed by atoms with van der Waals surface area (Å²) in [5, 5.41) is 3.80. The van der Waals surface area contributed by atoms with E-state index in [-0.39, 0.29) is 11.9 Å². The second-order valence-electron chi connectivity index (χ2n) is 6.39. The number of aryl methyl sites for hydroxylation is 2. The van der Waals surface area contributed by atoms with Crippen LogP contribution in [0.5, 0.6) is 0 Å². The molecule has 1 amide bonds. The Hall–Kier alpha value is -1.85. The average molecular weight is 294 g/mol. The first-order valence-corrected chi connectivity index (χ1v) is 7.17. The lowest BCUT2D eigenvalue weighted by atomic mass is 10.1. The van der Waals surface area contributed by atoms with Gasteiger partial charge in [-0.1, -0.05) is 5.16 Å². The smallest absolute Gasteiger partial charge is 0.329 e. The van der Waals surface area contributed by atoms with Crippen molar-refractivity contribution in [1.29, 1.82) is 0 Å². The van der Waals surface area contributed by atoms with Gasteiger partial charge in [-0.15, -0.1) is 0 Å². The maximum atomic E-state index is 12.6. The van der Waals surface area contributed by atoms with Crippen LogP contribution in [0, 0.1) is 13.8 Å². The van der Waals surface area contributed by atoms with Gasteiger partial charge in [-0.2, -0.15) is 0 Å². The summed E-state index contributed by atoms with van der Waals surface area (Å²) in [5.41, 5.74) is 0.440. The number of rotatable bonds is 2. The molecule has 2 heterocycles. The van der Waals surface area contributed by atoms with Gasteiger partial charge < -0.3 is 14.2 Å². The Morgan fingerprint density at radius 1 is 1.33 bits per heavy atom. The zero-order valence-electron chi connectivity index (χ0n) is 13.2. The number of aromatic nitrogens is 1. The van der Waals surface area contributed by atoms with Gasteiger partial charge in [0.2, 0.25) is 0 Å². The molecule has 0 radical (unpaired) electrons. The van der Waals surface area contributed by atoms with Crippen molar-refractivity contribution in [1.82, 2.24) is 10.1 Å². The SMILES string of the molecule is Cc1noc(C)c1C(=O)N1CCC[C@@H]1C(=O)OC(C)(C)C. The van der Waals surface area contributed by atoms with Gasteiger partial charge >= 0.3 is 5.97 Å². The van der Waals surface area contributed by atoms with E-state index in [2.05, 4.69) is 5.16 Å². The summed E-state index contributed by atoms with van der Waals surface area (Å²) in [6, 6.07) is -0.523. The fourth-order valence-electron chi connectivity index (χ4n) is 2.56. The molecule has 116 valence electrons. The number of esters is 1. The van der Waals surface area contributed by atoms with Gasteiger partial charge in [0.15, 0.2) is 0 Å².